The number of nitrogens with zero attached hydrogens (tertiary/aromatic N) is 2. The summed E-state index contributed by atoms with van der Waals surface area (Å²) in [5.74, 6) is -2.06. The van der Waals surface area contributed by atoms with Gasteiger partial charge in [0.1, 0.15) is 0 Å². The van der Waals surface area contributed by atoms with Crippen LogP contribution in [0.2, 0.25) is 0 Å². The van der Waals surface area contributed by atoms with Crippen LogP contribution in [0.1, 0.15) is 13.0 Å². The molecular weight excluding hydrogens is 188 g/mol. The maximum Gasteiger partial charge on any atom is 0.340 e. The Labute approximate surface area is 80.1 Å². The van der Waals surface area contributed by atoms with Crippen LogP contribution in [0.25, 0.3) is 0 Å². The van der Waals surface area contributed by atoms with Crippen LogP contribution in [-0.4, -0.2) is 33.2 Å². The second kappa shape index (κ2) is 4.40. The smallest absolute Gasteiger partial charge is 0.340 e. The number of ether oxygens (including phenoxy) is 1. The van der Waals surface area contributed by atoms with Crippen LogP contribution in [-0.2, 0) is 14.3 Å². The van der Waals surface area contributed by atoms with Crippen molar-refractivity contribution >= 4 is 11.9 Å². The largest absolute Gasteiger partial charge is 0.479 e. The monoisotopic (exact) mass is 198 g/mol. The SMILES string of the molecule is CCOC(=O)C(C(=O)O)n1ccnc1. The van der Waals surface area contributed by atoms with E-state index in [1.807, 2.05) is 0 Å². The Bertz CT molecular complexity index is 320. The molecule has 0 spiro atoms. The number of hydrogen-bond acceptors (Lipinski definition) is 4. The average molecular weight is 198 g/mol. The molecule has 0 amide bonds. The summed E-state index contributed by atoms with van der Waals surface area (Å²) < 4.78 is 5.80. The first kappa shape index (κ1) is 10.2. The second-order valence-electron chi connectivity index (χ2n) is 2.50. The molecule has 14 heavy (non-hydrogen) atoms. The van der Waals surface area contributed by atoms with Gasteiger partial charge in [-0.25, -0.2) is 14.6 Å². The Hall–Kier alpha value is -1.85. The first-order chi connectivity index (χ1) is 6.66. The van der Waals surface area contributed by atoms with E-state index in [9.17, 15) is 9.59 Å². The summed E-state index contributed by atoms with van der Waals surface area (Å²) in [7, 11) is 0. The number of esters is 1. The molecule has 0 bridgehead atoms. The van der Waals surface area contributed by atoms with Crippen molar-refractivity contribution in [3.05, 3.63) is 18.7 Å². The van der Waals surface area contributed by atoms with Gasteiger partial charge in [0, 0.05) is 12.4 Å². The number of imidazole rings is 1. The highest BCUT2D eigenvalue weighted by Gasteiger charge is 2.28. The minimum absolute atomic E-state index is 0.150. The predicted octanol–water partition coefficient (Wildman–Crippen LogP) is 0.0719. The van der Waals surface area contributed by atoms with E-state index in [0.29, 0.717) is 0 Å². The number of carbonyl (C=O) groups excluding carboxylic acids is 1. The third-order valence-corrected chi connectivity index (χ3v) is 1.57. The quantitative estimate of drug-likeness (QED) is 0.547. The Kier molecular flexibility index (Phi) is 3.22. The van der Waals surface area contributed by atoms with Crippen molar-refractivity contribution in [1.82, 2.24) is 9.55 Å². The molecule has 1 N–H and O–H groups in total. The van der Waals surface area contributed by atoms with Crippen LogP contribution < -0.4 is 0 Å². The molecule has 1 aromatic heterocycles. The molecule has 1 atom stereocenters. The van der Waals surface area contributed by atoms with E-state index in [1.54, 1.807) is 6.92 Å². The van der Waals surface area contributed by atoms with E-state index in [4.69, 9.17) is 5.11 Å². The normalized spacial score (nSPS) is 12.1. The molecule has 1 unspecified atom stereocenters. The van der Waals surface area contributed by atoms with Crippen molar-refractivity contribution < 1.29 is 19.4 Å². The molecule has 0 aliphatic heterocycles. The van der Waals surface area contributed by atoms with Gasteiger partial charge < -0.3 is 14.4 Å². The molecule has 1 rings (SSSR count). The predicted molar refractivity (Wildman–Crippen MR) is 45.5 cm³/mol. The lowest BCUT2D eigenvalue weighted by molar-refractivity contribution is -0.157. The van der Waals surface area contributed by atoms with Crippen molar-refractivity contribution in [2.75, 3.05) is 6.61 Å². The first-order valence-electron chi connectivity index (χ1n) is 4.03. The molecule has 1 aromatic rings. The summed E-state index contributed by atoms with van der Waals surface area (Å²) in [5, 5.41) is 8.79. The first-order valence-corrected chi connectivity index (χ1v) is 4.03. The van der Waals surface area contributed by atoms with Crippen LogP contribution in [0.4, 0.5) is 0 Å². The van der Waals surface area contributed by atoms with E-state index >= 15 is 0 Å². The van der Waals surface area contributed by atoms with Crippen LogP contribution in [0.15, 0.2) is 18.7 Å². The number of rotatable bonds is 4. The van der Waals surface area contributed by atoms with Crippen molar-refractivity contribution in [3.8, 4) is 0 Å². The summed E-state index contributed by atoms with van der Waals surface area (Å²) in [5.41, 5.74) is 0. The van der Waals surface area contributed by atoms with E-state index in [-0.39, 0.29) is 6.61 Å². The van der Waals surface area contributed by atoms with Gasteiger partial charge in [-0.1, -0.05) is 0 Å². The fourth-order valence-corrected chi connectivity index (χ4v) is 0.993. The Morgan fingerprint density at radius 1 is 1.64 bits per heavy atom. The Balaban J connectivity index is 2.85. The Morgan fingerprint density at radius 3 is 2.79 bits per heavy atom. The van der Waals surface area contributed by atoms with Crippen LogP contribution in [0, 0.1) is 0 Å². The fraction of sp³-hybridized carbons (Fsp3) is 0.375. The van der Waals surface area contributed by atoms with Gasteiger partial charge in [-0.3, -0.25) is 0 Å². The molecule has 0 fully saturated rings. The maximum atomic E-state index is 11.2. The molecule has 0 aliphatic carbocycles. The molecule has 0 saturated heterocycles. The zero-order valence-electron chi connectivity index (χ0n) is 7.58. The summed E-state index contributed by atoms with van der Waals surface area (Å²) >= 11 is 0. The van der Waals surface area contributed by atoms with Crippen molar-refractivity contribution in [3.63, 3.8) is 0 Å². The van der Waals surface area contributed by atoms with Gasteiger partial charge in [-0.2, -0.15) is 0 Å². The van der Waals surface area contributed by atoms with Crippen molar-refractivity contribution in [1.29, 1.82) is 0 Å². The average Bonchev–Trinajstić information content (AvgIpc) is 2.57. The minimum Gasteiger partial charge on any atom is -0.479 e. The zero-order chi connectivity index (χ0) is 10.6. The molecule has 0 radical (unpaired) electrons. The lowest BCUT2D eigenvalue weighted by Gasteiger charge is -2.11. The summed E-state index contributed by atoms with van der Waals surface area (Å²) in [4.78, 5) is 25.7. The van der Waals surface area contributed by atoms with Gasteiger partial charge in [0.25, 0.3) is 0 Å². The van der Waals surface area contributed by atoms with Crippen LogP contribution in [0.5, 0.6) is 0 Å². The van der Waals surface area contributed by atoms with Crippen molar-refractivity contribution in [2.24, 2.45) is 0 Å². The number of hydrogen-bond donors (Lipinski definition) is 1. The van der Waals surface area contributed by atoms with E-state index in [2.05, 4.69) is 9.72 Å². The molecule has 1 heterocycles. The third kappa shape index (κ3) is 2.09. The lowest BCUT2D eigenvalue weighted by atomic mass is 10.3. The number of aromatic nitrogens is 2. The number of aliphatic carboxylic acids is 1. The standard InChI is InChI=1S/C8H10N2O4/c1-2-14-8(13)6(7(11)12)10-4-3-9-5-10/h3-6H,2H2,1H3,(H,11,12). The van der Waals surface area contributed by atoms with Gasteiger partial charge in [-0.15, -0.1) is 0 Å². The van der Waals surface area contributed by atoms with Gasteiger partial charge in [0.2, 0.25) is 6.04 Å². The Morgan fingerprint density at radius 2 is 2.36 bits per heavy atom. The van der Waals surface area contributed by atoms with Gasteiger partial charge >= 0.3 is 11.9 Å². The number of carbonyl (C=O) groups is 2. The van der Waals surface area contributed by atoms with Gasteiger partial charge in [0.05, 0.1) is 12.9 Å². The highest BCUT2D eigenvalue weighted by Crippen LogP contribution is 2.08. The molecule has 0 saturated carbocycles. The molecule has 0 aromatic carbocycles. The van der Waals surface area contributed by atoms with Crippen LogP contribution >= 0.6 is 0 Å². The maximum absolute atomic E-state index is 11.2. The van der Waals surface area contributed by atoms with E-state index < -0.39 is 18.0 Å². The van der Waals surface area contributed by atoms with Crippen LogP contribution in [0.3, 0.4) is 0 Å². The number of carboxylic acids is 1. The molecule has 6 heteroatoms. The van der Waals surface area contributed by atoms with Gasteiger partial charge in [0.15, 0.2) is 0 Å². The summed E-state index contributed by atoms with van der Waals surface area (Å²) in [6.07, 6.45) is 4.06. The third-order valence-electron chi connectivity index (χ3n) is 1.57. The van der Waals surface area contributed by atoms with Crippen molar-refractivity contribution in [2.45, 2.75) is 13.0 Å². The molecule has 76 valence electrons. The van der Waals surface area contributed by atoms with E-state index in [1.165, 1.54) is 23.3 Å². The molecule has 0 aliphatic rings. The highest BCUT2D eigenvalue weighted by atomic mass is 16.5. The highest BCUT2D eigenvalue weighted by molar-refractivity contribution is 5.96. The van der Waals surface area contributed by atoms with Gasteiger partial charge in [-0.05, 0) is 6.92 Å². The summed E-state index contributed by atoms with van der Waals surface area (Å²) in [6, 6.07) is -1.35. The minimum atomic E-state index is -1.35. The molecular formula is C8H10N2O4. The second-order valence-corrected chi connectivity index (χ2v) is 2.50. The number of carboxylic acid groups (broad SMARTS) is 1. The van der Waals surface area contributed by atoms with E-state index in [0.717, 1.165) is 0 Å². The fourth-order valence-electron chi connectivity index (χ4n) is 0.993. The zero-order valence-corrected chi connectivity index (χ0v) is 7.58. The summed E-state index contributed by atoms with van der Waals surface area (Å²) in [6.45, 7) is 1.77. The molecule has 6 nitrogen and oxygen atoms in total. The lowest BCUT2D eigenvalue weighted by Crippen LogP contribution is -2.28. The topological polar surface area (TPSA) is 81.4 Å².